The SMILES string of the molecule is CCCNC(CSc1cccc(Br)c1)C1CCOC1. The first-order valence-electron chi connectivity index (χ1n) is 6.99. The van der Waals surface area contributed by atoms with E-state index in [1.165, 1.54) is 17.7 Å². The molecule has 0 amide bonds. The molecule has 1 aromatic rings. The monoisotopic (exact) mass is 343 g/mol. The predicted molar refractivity (Wildman–Crippen MR) is 85.9 cm³/mol. The van der Waals surface area contributed by atoms with Gasteiger partial charge in [0, 0.05) is 33.7 Å². The zero-order chi connectivity index (χ0) is 13.5. The van der Waals surface area contributed by atoms with E-state index in [1.807, 2.05) is 11.8 Å². The van der Waals surface area contributed by atoms with Crippen molar-refractivity contribution in [1.82, 2.24) is 5.32 Å². The van der Waals surface area contributed by atoms with Crippen LogP contribution >= 0.6 is 27.7 Å². The highest BCUT2D eigenvalue weighted by Gasteiger charge is 2.25. The second kappa shape index (κ2) is 8.30. The minimum Gasteiger partial charge on any atom is -0.381 e. The van der Waals surface area contributed by atoms with Crippen LogP contribution in [0.3, 0.4) is 0 Å². The first-order chi connectivity index (χ1) is 9.29. The lowest BCUT2D eigenvalue weighted by Gasteiger charge is -2.23. The summed E-state index contributed by atoms with van der Waals surface area (Å²) in [5, 5.41) is 3.68. The van der Waals surface area contributed by atoms with E-state index in [-0.39, 0.29) is 0 Å². The molecule has 0 radical (unpaired) electrons. The Bertz CT molecular complexity index is 382. The van der Waals surface area contributed by atoms with Gasteiger partial charge in [0.05, 0.1) is 6.61 Å². The van der Waals surface area contributed by atoms with Crippen LogP contribution in [0, 0.1) is 5.92 Å². The lowest BCUT2D eigenvalue weighted by molar-refractivity contribution is 0.179. The van der Waals surface area contributed by atoms with Crippen molar-refractivity contribution in [3.05, 3.63) is 28.7 Å². The van der Waals surface area contributed by atoms with Crippen LogP contribution in [0.25, 0.3) is 0 Å². The molecule has 0 saturated carbocycles. The smallest absolute Gasteiger partial charge is 0.0510 e. The average molecular weight is 344 g/mol. The highest BCUT2D eigenvalue weighted by Crippen LogP contribution is 2.26. The lowest BCUT2D eigenvalue weighted by atomic mass is 10.0. The number of halogens is 1. The summed E-state index contributed by atoms with van der Waals surface area (Å²) in [4.78, 5) is 1.33. The van der Waals surface area contributed by atoms with Gasteiger partial charge in [-0.1, -0.05) is 28.9 Å². The fraction of sp³-hybridized carbons (Fsp3) is 0.600. The summed E-state index contributed by atoms with van der Waals surface area (Å²) < 4.78 is 6.68. The number of rotatable bonds is 7. The number of benzene rings is 1. The molecule has 0 aliphatic carbocycles. The van der Waals surface area contributed by atoms with Gasteiger partial charge in [-0.2, -0.15) is 0 Å². The van der Waals surface area contributed by atoms with E-state index in [9.17, 15) is 0 Å². The molecule has 1 aliphatic heterocycles. The van der Waals surface area contributed by atoms with E-state index < -0.39 is 0 Å². The zero-order valence-corrected chi connectivity index (χ0v) is 13.8. The Morgan fingerprint density at radius 2 is 2.42 bits per heavy atom. The molecule has 2 unspecified atom stereocenters. The summed E-state index contributed by atoms with van der Waals surface area (Å²) in [7, 11) is 0. The number of nitrogens with one attached hydrogen (secondary N) is 1. The molecule has 4 heteroatoms. The minimum absolute atomic E-state index is 0.562. The van der Waals surface area contributed by atoms with Gasteiger partial charge in [0.15, 0.2) is 0 Å². The standard InChI is InChI=1S/C15H22BrNOS/c1-2-7-17-15(12-6-8-18-10-12)11-19-14-5-3-4-13(16)9-14/h3-5,9,12,15,17H,2,6-8,10-11H2,1H3. The average Bonchev–Trinajstić information content (AvgIpc) is 2.93. The second-order valence-electron chi connectivity index (χ2n) is 4.95. The van der Waals surface area contributed by atoms with E-state index >= 15 is 0 Å². The topological polar surface area (TPSA) is 21.3 Å². The summed E-state index contributed by atoms with van der Waals surface area (Å²) in [5.41, 5.74) is 0. The maximum absolute atomic E-state index is 5.53. The summed E-state index contributed by atoms with van der Waals surface area (Å²) in [6.45, 7) is 5.16. The molecule has 0 bridgehead atoms. The predicted octanol–water partition coefficient (Wildman–Crippen LogP) is 3.95. The molecule has 1 heterocycles. The van der Waals surface area contributed by atoms with Crippen LogP contribution in [-0.4, -0.2) is 31.6 Å². The third-order valence-corrected chi connectivity index (χ3v) is 5.02. The molecule has 0 spiro atoms. The quantitative estimate of drug-likeness (QED) is 0.757. The van der Waals surface area contributed by atoms with Crippen LogP contribution in [0.4, 0.5) is 0 Å². The molecule has 2 nitrogen and oxygen atoms in total. The first kappa shape index (κ1) is 15.4. The molecular weight excluding hydrogens is 322 g/mol. The Morgan fingerprint density at radius 1 is 1.53 bits per heavy atom. The van der Waals surface area contributed by atoms with Crippen molar-refractivity contribution >= 4 is 27.7 Å². The van der Waals surface area contributed by atoms with E-state index in [0.717, 1.165) is 30.0 Å². The van der Waals surface area contributed by atoms with Crippen molar-refractivity contribution in [2.75, 3.05) is 25.5 Å². The van der Waals surface area contributed by atoms with Gasteiger partial charge in [-0.3, -0.25) is 0 Å². The molecule has 1 aromatic carbocycles. The maximum Gasteiger partial charge on any atom is 0.0510 e. The highest BCUT2D eigenvalue weighted by molar-refractivity contribution is 9.10. The number of ether oxygens (including phenoxy) is 1. The van der Waals surface area contributed by atoms with Crippen molar-refractivity contribution in [2.24, 2.45) is 5.92 Å². The number of hydrogen-bond donors (Lipinski definition) is 1. The fourth-order valence-electron chi connectivity index (χ4n) is 2.30. The number of hydrogen-bond acceptors (Lipinski definition) is 3. The molecule has 1 fully saturated rings. The van der Waals surface area contributed by atoms with Crippen LogP contribution in [0.1, 0.15) is 19.8 Å². The number of thioether (sulfide) groups is 1. The van der Waals surface area contributed by atoms with Gasteiger partial charge in [-0.15, -0.1) is 11.8 Å². The summed E-state index contributed by atoms with van der Waals surface area (Å²) in [6, 6.07) is 9.09. The molecule has 2 rings (SSSR count). The third-order valence-electron chi connectivity index (χ3n) is 3.42. The van der Waals surface area contributed by atoms with Gasteiger partial charge in [0.25, 0.3) is 0 Å². The Hall–Kier alpha value is -0.0300. The van der Waals surface area contributed by atoms with Crippen LogP contribution in [-0.2, 0) is 4.74 Å². The van der Waals surface area contributed by atoms with Gasteiger partial charge in [0.2, 0.25) is 0 Å². The molecule has 19 heavy (non-hydrogen) atoms. The van der Waals surface area contributed by atoms with Crippen LogP contribution in [0.2, 0.25) is 0 Å². The minimum atomic E-state index is 0.562. The van der Waals surface area contributed by atoms with Gasteiger partial charge in [-0.25, -0.2) is 0 Å². The third kappa shape index (κ3) is 5.10. The Morgan fingerprint density at radius 3 is 3.11 bits per heavy atom. The van der Waals surface area contributed by atoms with E-state index in [1.54, 1.807) is 0 Å². The van der Waals surface area contributed by atoms with Crippen molar-refractivity contribution in [1.29, 1.82) is 0 Å². The summed E-state index contributed by atoms with van der Waals surface area (Å²) in [6.07, 6.45) is 2.38. The van der Waals surface area contributed by atoms with Crippen molar-refractivity contribution in [3.8, 4) is 0 Å². The molecule has 2 atom stereocenters. The molecular formula is C15H22BrNOS. The summed E-state index contributed by atoms with van der Waals surface area (Å²) >= 11 is 5.46. The Labute approximate surface area is 128 Å². The Balaban J connectivity index is 1.88. The lowest BCUT2D eigenvalue weighted by Crippen LogP contribution is -2.39. The normalized spacial score (nSPS) is 20.6. The molecule has 106 valence electrons. The van der Waals surface area contributed by atoms with Gasteiger partial charge < -0.3 is 10.1 Å². The van der Waals surface area contributed by atoms with E-state index in [4.69, 9.17) is 4.74 Å². The van der Waals surface area contributed by atoms with Crippen LogP contribution in [0.5, 0.6) is 0 Å². The largest absolute Gasteiger partial charge is 0.381 e. The molecule has 1 aliphatic rings. The highest BCUT2D eigenvalue weighted by atomic mass is 79.9. The molecule has 1 saturated heterocycles. The summed E-state index contributed by atoms with van der Waals surface area (Å²) in [5.74, 6) is 1.79. The Kier molecular flexibility index (Phi) is 6.71. The van der Waals surface area contributed by atoms with Crippen LogP contribution < -0.4 is 5.32 Å². The molecule has 1 N–H and O–H groups in total. The zero-order valence-electron chi connectivity index (χ0n) is 11.4. The van der Waals surface area contributed by atoms with E-state index in [2.05, 4.69) is 52.4 Å². The first-order valence-corrected chi connectivity index (χ1v) is 8.77. The van der Waals surface area contributed by atoms with E-state index in [0.29, 0.717) is 12.0 Å². The maximum atomic E-state index is 5.53. The van der Waals surface area contributed by atoms with Gasteiger partial charge in [0.1, 0.15) is 0 Å². The van der Waals surface area contributed by atoms with Crippen molar-refractivity contribution in [3.63, 3.8) is 0 Å². The van der Waals surface area contributed by atoms with Crippen molar-refractivity contribution < 1.29 is 4.74 Å². The molecule has 0 aromatic heterocycles. The fourth-order valence-corrected chi connectivity index (χ4v) is 4.00. The van der Waals surface area contributed by atoms with Gasteiger partial charge >= 0.3 is 0 Å². The van der Waals surface area contributed by atoms with Crippen molar-refractivity contribution in [2.45, 2.75) is 30.7 Å². The van der Waals surface area contributed by atoms with Crippen LogP contribution in [0.15, 0.2) is 33.6 Å². The van der Waals surface area contributed by atoms with Gasteiger partial charge in [-0.05, 0) is 37.6 Å². The second-order valence-corrected chi connectivity index (χ2v) is 6.96.